The molecule has 0 atom stereocenters. The van der Waals surface area contributed by atoms with Gasteiger partial charge in [0.2, 0.25) is 5.75 Å². The zero-order valence-corrected chi connectivity index (χ0v) is 18.6. The largest absolute Gasteiger partial charge is 0.573 e. The van der Waals surface area contributed by atoms with Gasteiger partial charge in [0.1, 0.15) is 40.3 Å². The Kier molecular flexibility index (Phi) is 7.99. The zero-order chi connectivity index (χ0) is 28.4. The highest BCUT2D eigenvalue weighted by Crippen LogP contribution is 2.38. The van der Waals surface area contributed by atoms with Gasteiger partial charge in [-0.1, -0.05) is 11.8 Å². The topological polar surface area (TPSA) is 27.7 Å². The molecular formula is C24H11F11O3. The Morgan fingerprint density at radius 3 is 1.61 bits per heavy atom. The third-order valence-electron chi connectivity index (χ3n) is 4.43. The van der Waals surface area contributed by atoms with E-state index in [9.17, 15) is 48.3 Å². The van der Waals surface area contributed by atoms with E-state index in [4.69, 9.17) is 4.74 Å². The second kappa shape index (κ2) is 10.7. The summed E-state index contributed by atoms with van der Waals surface area (Å²) in [4.78, 5) is 0. The van der Waals surface area contributed by atoms with Crippen LogP contribution in [-0.4, -0.2) is 13.0 Å². The molecule has 14 heteroatoms. The number of rotatable bonds is 6. The Bertz CT molecular complexity index is 1350. The van der Waals surface area contributed by atoms with Crippen molar-refractivity contribution < 1.29 is 62.5 Å². The summed E-state index contributed by atoms with van der Waals surface area (Å²) >= 11 is 0. The van der Waals surface area contributed by atoms with Crippen LogP contribution in [0.1, 0.15) is 23.6 Å². The molecule has 3 nitrogen and oxygen atoms in total. The summed E-state index contributed by atoms with van der Waals surface area (Å²) in [6, 6.07) is 1.85. The lowest BCUT2D eigenvalue weighted by Gasteiger charge is -2.20. The SMILES string of the molecule is CCOc1cc(F)c(C#Cc2cc(F)c(C(F)(F)Oc3cc(F)c(OC(F)(F)F)c(F)c3)c(F)c2)c(F)c1. The van der Waals surface area contributed by atoms with Crippen molar-refractivity contribution >= 4 is 0 Å². The first-order valence-electron chi connectivity index (χ1n) is 10.1. The predicted molar refractivity (Wildman–Crippen MR) is 107 cm³/mol. The molecule has 38 heavy (non-hydrogen) atoms. The minimum Gasteiger partial charge on any atom is -0.494 e. The first-order valence-corrected chi connectivity index (χ1v) is 10.1. The Hall–Kier alpha value is -4.15. The maximum atomic E-state index is 14.5. The van der Waals surface area contributed by atoms with Crippen molar-refractivity contribution in [3.8, 4) is 29.1 Å². The minimum absolute atomic E-state index is 0.102. The molecule has 0 aliphatic carbocycles. The van der Waals surface area contributed by atoms with Crippen LogP contribution < -0.4 is 14.2 Å². The van der Waals surface area contributed by atoms with Crippen LogP contribution in [0.4, 0.5) is 48.3 Å². The summed E-state index contributed by atoms with van der Waals surface area (Å²) in [6.07, 6.45) is -10.5. The summed E-state index contributed by atoms with van der Waals surface area (Å²) < 4.78 is 162. The fraction of sp³-hybridized carbons (Fsp3) is 0.167. The number of hydrogen-bond acceptors (Lipinski definition) is 3. The van der Waals surface area contributed by atoms with Crippen LogP contribution >= 0.6 is 0 Å². The minimum atomic E-state index is -5.52. The number of halogens is 11. The van der Waals surface area contributed by atoms with Gasteiger partial charge in [0.05, 0.1) is 12.2 Å². The van der Waals surface area contributed by atoms with Crippen LogP contribution in [0.3, 0.4) is 0 Å². The quantitative estimate of drug-likeness (QED) is 0.235. The van der Waals surface area contributed by atoms with E-state index in [1.165, 1.54) is 0 Å². The number of ether oxygens (including phenoxy) is 3. The van der Waals surface area contributed by atoms with E-state index in [0.717, 1.165) is 12.1 Å². The van der Waals surface area contributed by atoms with Gasteiger partial charge in [-0.2, -0.15) is 8.78 Å². The van der Waals surface area contributed by atoms with Crippen LogP contribution in [0.2, 0.25) is 0 Å². The monoisotopic (exact) mass is 556 g/mol. The average Bonchev–Trinajstić information content (AvgIpc) is 2.74. The maximum Gasteiger partial charge on any atom is 0.573 e. The average molecular weight is 556 g/mol. The molecule has 0 aliphatic heterocycles. The second-order valence-corrected chi connectivity index (χ2v) is 7.14. The Morgan fingerprint density at radius 1 is 0.632 bits per heavy atom. The van der Waals surface area contributed by atoms with Crippen LogP contribution in [0.5, 0.6) is 17.2 Å². The molecule has 0 N–H and O–H groups in total. The third-order valence-corrected chi connectivity index (χ3v) is 4.43. The van der Waals surface area contributed by atoms with Crippen molar-refractivity contribution in [3.05, 3.63) is 88.0 Å². The molecule has 0 spiro atoms. The fourth-order valence-electron chi connectivity index (χ4n) is 2.99. The van der Waals surface area contributed by atoms with Gasteiger partial charge in [-0.15, -0.1) is 13.2 Å². The summed E-state index contributed by atoms with van der Waals surface area (Å²) in [5.41, 5.74) is -3.51. The molecular weight excluding hydrogens is 545 g/mol. The standard InChI is InChI=1S/C24H11F11O3/c1-2-36-12-7-15(25)14(16(26)8-12)4-3-11-5-17(27)21(18(28)6-11)23(31,32)37-13-9-19(29)22(20(30)10-13)38-24(33,34)35/h5-10H,2H2,1H3. The first-order chi connectivity index (χ1) is 17.6. The van der Waals surface area contributed by atoms with Crippen LogP contribution in [-0.2, 0) is 6.11 Å². The van der Waals surface area contributed by atoms with Gasteiger partial charge in [0.25, 0.3) is 0 Å². The van der Waals surface area contributed by atoms with Crippen molar-refractivity contribution in [1.82, 2.24) is 0 Å². The number of benzene rings is 3. The second-order valence-electron chi connectivity index (χ2n) is 7.14. The summed E-state index contributed by atoms with van der Waals surface area (Å²) in [5, 5.41) is 0. The molecule has 3 aromatic carbocycles. The van der Waals surface area contributed by atoms with Crippen LogP contribution in [0.25, 0.3) is 0 Å². The summed E-state index contributed by atoms with van der Waals surface area (Å²) in [7, 11) is 0. The van der Waals surface area contributed by atoms with Crippen LogP contribution in [0, 0.1) is 46.7 Å². The van der Waals surface area contributed by atoms with Gasteiger partial charge in [0, 0.05) is 29.8 Å². The van der Waals surface area contributed by atoms with Gasteiger partial charge in [-0.05, 0) is 19.1 Å². The van der Waals surface area contributed by atoms with Gasteiger partial charge in [-0.3, -0.25) is 0 Å². The van der Waals surface area contributed by atoms with E-state index >= 15 is 0 Å². The van der Waals surface area contributed by atoms with E-state index in [2.05, 4.69) is 9.47 Å². The number of hydrogen-bond donors (Lipinski definition) is 0. The summed E-state index contributed by atoms with van der Waals surface area (Å²) in [6.45, 7) is 1.66. The highest BCUT2D eigenvalue weighted by molar-refractivity contribution is 5.47. The van der Waals surface area contributed by atoms with E-state index in [1.54, 1.807) is 6.92 Å². The maximum absolute atomic E-state index is 14.5. The Morgan fingerprint density at radius 2 is 1.13 bits per heavy atom. The van der Waals surface area contributed by atoms with E-state index in [0.29, 0.717) is 0 Å². The molecule has 0 amide bonds. The van der Waals surface area contributed by atoms with Crippen molar-refractivity contribution in [1.29, 1.82) is 0 Å². The zero-order valence-electron chi connectivity index (χ0n) is 18.6. The summed E-state index contributed by atoms with van der Waals surface area (Å²) in [5.74, 6) is -10.1. The highest BCUT2D eigenvalue weighted by atomic mass is 19.4. The molecule has 3 aromatic rings. The van der Waals surface area contributed by atoms with Crippen molar-refractivity contribution in [2.24, 2.45) is 0 Å². The molecule has 3 rings (SSSR count). The normalized spacial score (nSPS) is 11.6. The molecule has 0 fully saturated rings. The lowest BCUT2D eigenvalue weighted by atomic mass is 10.1. The third kappa shape index (κ3) is 6.58. The molecule has 202 valence electrons. The molecule has 0 saturated heterocycles. The lowest BCUT2D eigenvalue weighted by Crippen LogP contribution is -2.25. The van der Waals surface area contributed by atoms with Gasteiger partial charge in [0.15, 0.2) is 11.6 Å². The molecule has 0 bridgehead atoms. The Balaban J connectivity index is 1.91. The molecule has 0 aromatic heterocycles. The van der Waals surface area contributed by atoms with Crippen molar-refractivity contribution in [2.75, 3.05) is 6.61 Å². The van der Waals surface area contributed by atoms with E-state index in [-0.39, 0.29) is 36.6 Å². The molecule has 0 heterocycles. The molecule has 0 radical (unpaired) electrons. The van der Waals surface area contributed by atoms with E-state index < -0.39 is 75.6 Å². The predicted octanol–water partition coefficient (Wildman–Crippen LogP) is 7.35. The van der Waals surface area contributed by atoms with Gasteiger partial charge < -0.3 is 14.2 Å². The highest BCUT2D eigenvalue weighted by Gasteiger charge is 2.42. The smallest absolute Gasteiger partial charge is 0.494 e. The first kappa shape index (κ1) is 28.4. The van der Waals surface area contributed by atoms with Gasteiger partial charge >= 0.3 is 12.5 Å². The molecule has 0 aliphatic rings. The van der Waals surface area contributed by atoms with Gasteiger partial charge in [-0.25, -0.2) is 26.3 Å². The fourth-order valence-corrected chi connectivity index (χ4v) is 2.99. The van der Waals surface area contributed by atoms with Crippen LogP contribution in [0.15, 0.2) is 36.4 Å². The Labute approximate surface area is 206 Å². The van der Waals surface area contributed by atoms with Crippen molar-refractivity contribution in [2.45, 2.75) is 19.4 Å². The molecule has 0 saturated carbocycles. The lowest BCUT2D eigenvalue weighted by molar-refractivity contribution is -0.276. The van der Waals surface area contributed by atoms with E-state index in [1.807, 2.05) is 11.8 Å². The van der Waals surface area contributed by atoms with Crippen molar-refractivity contribution in [3.63, 3.8) is 0 Å². The molecule has 0 unspecified atom stereocenters. The number of alkyl halides is 5.